The van der Waals surface area contributed by atoms with Crippen molar-refractivity contribution in [1.29, 1.82) is 0 Å². The van der Waals surface area contributed by atoms with Crippen molar-refractivity contribution in [2.75, 3.05) is 0 Å². The van der Waals surface area contributed by atoms with E-state index in [-0.39, 0.29) is 5.91 Å². The first-order valence-corrected chi connectivity index (χ1v) is 7.98. The molecule has 4 heteroatoms. The Bertz CT molecular complexity index is 788. The molecule has 3 rings (SSSR count). The normalized spacial score (nSPS) is 10.3. The molecule has 1 N–H and O–H groups in total. The summed E-state index contributed by atoms with van der Waals surface area (Å²) in [7, 11) is 0. The zero-order valence-corrected chi connectivity index (χ0v) is 13.4. The van der Waals surface area contributed by atoms with Gasteiger partial charge in [0.15, 0.2) is 0 Å². The lowest BCUT2D eigenvalue weighted by molar-refractivity contribution is -0.121. The summed E-state index contributed by atoms with van der Waals surface area (Å²) in [4.78, 5) is 20.7. The molecule has 0 saturated heterocycles. The second-order valence-electron chi connectivity index (χ2n) is 5.52. The van der Waals surface area contributed by atoms with Gasteiger partial charge in [0.25, 0.3) is 0 Å². The molecule has 0 atom stereocenters. The Morgan fingerprint density at radius 2 is 1.79 bits per heavy atom. The Labute approximate surface area is 141 Å². The lowest BCUT2D eigenvalue weighted by Gasteiger charge is -2.10. The van der Waals surface area contributed by atoms with Crippen molar-refractivity contribution in [1.82, 2.24) is 15.3 Å². The third kappa shape index (κ3) is 4.26. The summed E-state index contributed by atoms with van der Waals surface area (Å²) in [5.41, 5.74) is 3.96. The monoisotopic (exact) mass is 317 g/mol. The number of rotatable bonds is 6. The van der Waals surface area contributed by atoms with Crippen molar-refractivity contribution >= 4 is 5.91 Å². The highest BCUT2D eigenvalue weighted by Crippen LogP contribution is 2.19. The number of amides is 1. The van der Waals surface area contributed by atoms with E-state index in [1.807, 2.05) is 54.6 Å². The summed E-state index contributed by atoms with van der Waals surface area (Å²) in [5, 5.41) is 2.98. The molecule has 4 nitrogen and oxygen atoms in total. The van der Waals surface area contributed by atoms with Crippen molar-refractivity contribution in [2.45, 2.75) is 19.4 Å². The number of carbonyl (C=O) groups excluding carboxylic acids is 1. The first kappa shape index (κ1) is 15.9. The van der Waals surface area contributed by atoms with E-state index in [0.29, 0.717) is 13.0 Å². The fourth-order valence-corrected chi connectivity index (χ4v) is 2.53. The van der Waals surface area contributed by atoms with Gasteiger partial charge in [0.05, 0.1) is 5.69 Å². The molecule has 24 heavy (non-hydrogen) atoms. The summed E-state index contributed by atoms with van der Waals surface area (Å²) in [6.45, 7) is 0.464. The number of nitrogens with one attached hydrogen (secondary N) is 1. The Kier molecular flexibility index (Phi) is 5.30. The van der Waals surface area contributed by atoms with E-state index < -0.39 is 0 Å². The average molecular weight is 317 g/mol. The highest BCUT2D eigenvalue weighted by atomic mass is 16.1. The molecule has 0 radical (unpaired) electrons. The van der Waals surface area contributed by atoms with Crippen LogP contribution in [0.4, 0.5) is 0 Å². The molecule has 0 aliphatic heterocycles. The highest BCUT2D eigenvalue weighted by molar-refractivity contribution is 5.76. The maximum atomic E-state index is 12.1. The van der Waals surface area contributed by atoms with Crippen molar-refractivity contribution in [2.24, 2.45) is 0 Å². The SMILES string of the molecule is O=C(CCc1ccccc1)NCc1cccnc1-c1cccnc1. The maximum absolute atomic E-state index is 12.1. The van der Waals surface area contributed by atoms with Crippen LogP contribution in [-0.2, 0) is 17.8 Å². The molecule has 1 aromatic carbocycles. The zero-order chi connectivity index (χ0) is 16.6. The number of aromatic nitrogens is 2. The van der Waals surface area contributed by atoms with Crippen LogP contribution < -0.4 is 5.32 Å². The topological polar surface area (TPSA) is 54.9 Å². The van der Waals surface area contributed by atoms with Crippen LogP contribution in [0.3, 0.4) is 0 Å². The van der Waals surface area contributed by atoms with Crippen LogP contribution in [0.2, 0.25) is 0 Å². The molecule has 0 saturated carbocycles. The van der Waals surface area contributed by atoms with Crippen LogP contribution in [0, 0.1) is 0 Å². The van der Waals surface area contributed by atoms with Gasteiger partial charge in [-0.05, 0) is 35.7 Å². The molecule has 0 aliphatic carbocycles. The van der Waals surface area contributed by atoms with Crippen LogP contribution in [0.1, 0.15) is 17.5 Å². The minimum atomic E-state index is 0.0415. The predicted molar refractivity (Wildman–Crippen MR) is 94.1 cm³/mol. The van der Waals surface area contributed by atoms with Crippen LogP contribution in [0.25, 0.3) is 11.3 Å². The Morgan fingerprint density at radius 3 is 2.58 bits per heavy atom. The summed E-state index contributed by atoms with van der Waals surface area (Å²) in [5.74, 6) is 0.0415. The number of hydrogen-bond donors (Lipinski definition) is 1. The number of aryl methyl sites for hydroxylation is 1. The molecule has 0 spiro atoms. The lowest BCUT2D eigenvalue weighted by atomic mass is 10.1. The van der Waals surface area contributed by atoms with E-state index >= 15 is 0 Å². The summed E-state index contributed by atoms with van der Waals surface area (Å²) >= 11 is 0. The van der Waals surface area contributed by atoms with E-state index in [4.69, 9.17) is 0 Å². The smallest absolute Gasteiger partial charge is 0.220 e. The predicted octanol–water partition coefficient (Wildman–Crippen LogP) is 3.39. The number of nitrogens with zero attached hydrogens (tertiary/aromatic N) is 2. The quantitative estimate of drug-likeness (QED) is 0.758. The molecule has 0 fully saturated rings. The van der Waals surface area contributed by atoms with Crippen molar-refractivity contribution in [3.8, 4) is 11.3 Å². The van der Waals surface area contributed by atoms with Gasteiger partial charge in [0.1, 0.15) is 0 Å². The van der Waals surface area contributed by atoms with Gasteiger partial charge in [0, 0.05) is 37.1 Å². The summed E-state index contributed by atoms with van der Waals surface area (Å²) < 4.78 is 0. The van der Waals surface area contributed by atoms with E-state index in [2.05, 4.69) is 15.3 Å². The molecule has 0 unspecified atom stereocenters. The molecule has 0 aliphatic rings. The molecule has 0 bridgehead atoms. The molecule has 1 amide bonds. The largest absolute Gasteiger partial charge is 0.352 e. The minimum Gasteiger partial charge on any atom is -0.352 e. The van der Waals surface area contributed by atoms with Gasteiger partial charge >= 0.3 is 0 Å². The van der Waals surface area contributed by atoms with E-state index in [1.54, 1.807) is 18.6 Å². The molecule has 120 valence electrons. The molecular formula is C20H19N3O. The Balaban J connectivity index is 1.60. The Hall–Kier alpha value is -3.01. The van der Waals surface area contributed by atoms with Crippen LogP contribution in [-0.4, -0.2) is 15.9 Å². The van der Waals surface area contributed by atoms with E-state index in [1.165, 1.54) is 5.56 Å². The average Bonchev–Trinajstić information content (AvgIpc) is 2.66. The third-order valence-corrected chi connectivity index (χ3v) is 3.79. The van der Waals surface area contributed by atoms with Gasteiger partial charge in [-0.15, -0.1) is 0 Å². The number of pyridine rings is 2. The standard InChI is InChI=1S/C20H19N3O/c24-19(11-10-16-6-2-1-3-7-16)23-15-18-9-5-13-22-20(18)17-8-4-12-21-14-17/h1-9,12-14H,10-11,15H2,(H,23,24). The van der Waals surface area contributed by atoms with Crippen LogP contribution in [0.15, 0.2) is 73.2 Å². The third-order valence-electron chi connectivity index (χ3n) is 3.79. The van der Waals surface area contributed by atoms with Gasteiger partial charge in [-0.1, -0.05) is 36.4 Å². The zero-order valence-electron chi connectivity index (χ0n) is 13.4. The van der Waals surface area contributed by atoms with Gasteiger partial charge in [0.2, 0.25) is 5.91 Å². The Morgan fingerprint density at radius 1 is 0.958 bits per heavy atom. The molecule has 2 heterocycles. The van der Waals surface area contributed by atoms with Crippen molar-refractivity contribution in [3.05, 3.63) is 84.3 Å². The van der Waals surface area contributed by atoms with Crippen LogP contribution in [0.5, 0.6) is 0 Å². The first-order valence-electron chi connectivity index (χ1n) is 7.98. The number of benzene rings is 1. The van der Waals surface area contributed by atoms with E-state index in [9.17, 15) is 4.79 Å². The van der Waals surface area contributed by atoms with Gasteiger partial charge in [-0.25, -0.2) is 0 Å². The van der Waals surface area contributed by atoms with Crippen molar-refractivity contribution in [3.63, 3.8) is 0 Å². The second-order valence-corrected chi connectivity index (χ2v) is 5.52. The van der Waals surface area contributed by atoms with Crippen molar-refractivity contribution < 1.29 is 4.79 Å². The van der Waals surface area contributed by atoms with Crippen LogP contribution >= 0.6 is 0 Å². The van der Waals surface area contributed by atoms with Gasteiger partial charge in [-0.2, -0.15) is 0 Å². The second kappa shape index (κ2) is 8.02. The highest BCUT2D eigenvalue weighted by Gasteiger charge is 2.08. The fraction of sp³-hybridized carbons (Fsp3) is 0.150. The van der Waals surface area contributed by atoms with Gasteiger partial charge < -0.3 is 5.32 Å². The summed E-state index contributed by atoms with van der Waals surface area (Å²) in [6, 6.07) is 17.7. The molecule has 3 aromatic rings. The first-order chi connectivity index (χ1) is 11.8. The maximum Gasteiger partial charge on any atom is 0.220 e. The number of carbonyl (C=O) groups is 1. The minimum absolute atomic E-state index is 0.0415. The van der Waals surface area contributed by atoms with E-state index in [0.717, 1.165) is 23.2 Å². The lowest BCUT2D eigenvalue weighted by Crippen LogP contribution is -2.23. The fourth-order valence-electron chi connectivity index (χ4n) is 2.53. The molecular weight excluding hydrogens is 298 g/mol. The molecule has 2 aromatic heterocycles. The summed E-state index contributed by atoms with van der Waals surface area (Å²) in [6.07, 6.45) is 6.49. The van der Waals surface area contributed by atoms with Gasteiger partial charge in [-0.3, -0.25) is 14.8 Å². The number of hydrogen-bond acceptors (Lipinski definition) is 3.